The molecule has 4 nitrogen and oxygen atoms in total. The van der Waals surface area contributed by atoms with E-state index >= 15 is 8.78 Å². The van der Waals surface area contributed by atoms with Crippen LogP contribution in [0, 0.1) is 24.7 Å². The summed E-state index contributed by atoms with van der Waals surface area (Å²) in [4.78, 5) is 17.5. The van der Waals surface area contributed by atoms with Crippen molar-refractivity contribution in [3.63, 3.8) is 0 Å². The zero-order chi connectivity index (χ0) is 24.1. The third kappa shape index (κ3) is 3.86. The molecule has 0 spiro atoms. The first-order valence-corrected chi connectivity index (χ1v) is 12.3. The first-order valence-electron chi connectivity index (χ1n) is 12.3. The number of allylic oxidation sites excluding steroid dienone is 1. The molecule has 0 unspecified atom stereocenters. The van der Waals surface area contributed by atoms with Crippen molar-refractivity contribution in [3.05, 3.63) is 59.9 Å². The van der Waals surface area contributed by atoms with Crippen molar-refractivity contribution >= 4 is 12.0 Å². The number of carbonyl (C=O) groups is 1. The van der Waals surface area contributed by atoms with Crippen LogP contribution >= 0.6 is 0 Å². The van der Waals surface area contributed by atoms with E-state index in [2.05, 4.69) is 29.4 Å². The normalized spacial score (nSPS) is 32.9. The predicted molar refractivity (Wildman–Crippen MR) is 128 cm³/mol. The number of aromatic nitrogens is 1. The van der Waals surface area contributed by atoms with Crippen LogP contribution in [0.25, 0.3) is 17.2 Å². The van der Waals surface area contributed by atoms with E-state index in [1.54, 1.807) is 6.92 Å². The van der Waals surface area contributed by atoms with Gasteiger partial charge in [0.15, 0.2) is 0 Å². The Morgan fingerprint density at radius 1 is 1.15 bits per heavy atom. The smallest absolute Gasteiger partial charge is 0.327 e. The van der Waals surface area contributed by atoms with Gasteiger partial charge in [0.25, 0.3) is 5.92 Å². The second-order valence-corrected chi connectivity index (χ2v) is 10.3. The Morgan fingerprint density at radius 2 is 1.91 bits per heavy atom. The molecule has 2 heterocycles. The highest BCUT2D eigenvalue weighted by molar-refractivity contribution is 5.84. The van der Waals surface area contributed by atoms with E-state index in [-0.39, 0.29) is 12.0 Å². The number of esters is 1. The van der Waals surface area contributed by atoms with Crippen molar-refractivity contribution < 1.29 is 18.3 Å². The predicted octanol–water partition coefficient (Wildman–Crippen LogP) is 5.80. The molecule has 2 aromatic rings. The quantitative estimate of drug-likeness (QED) is 0.566. The maximum absolute atomic E-state index is 15.3. The van der Waals surface area contributed by atoms with Crippen LogP contribution in [0.5, 0.6) is 0 Å². The van der Waals surface area contributed by atoms with Gasteiger partial charge in [0.2, 0.25) is 0 Å². The van der Waals surface area contributed by atoms with Gasteiger partial charge in [-0.2, -0.15) is 0 Å². The lowest BCUT2D eigenvalue weighted by Gasteiger charge is -2.50. The van der Waals surface area contributed by atoms with Gasteiger partial charge in [-0.3, -0.25) is 15.1 Å². The lowest BCUT2D eigenvalue weighted by Crippen LogP contribution is -2.67. The van der Waals surface area contributed by atoms with Gasteiger partial charge in [0.1, 0.15) is 11.6 Å². The minimum Gasteiger partial charge on any atom is -0.461 e. The van der Waals surface area contributed by atoms with Crippen LogP contribution < -0.4 is 5.32 Å². The highest BCUT2D eigenvalue weighted by Gasteiger charge is 2.68. The Kier molecular flexibility index (Phi) is 5.83. The summed E-state index contributed by atoms with van der Waals surface area (Å²) in [6.07, 6.45) is 7.41. The van der Waals surface area contributed by atoms with E-state index in [0.717, 1.165) is 30.4 Å². The molecule has 5 atom stereocenters. The fourth-order valence-electron chi connectivity index (χ4n) is 6.02. The van der Waals surface area contributed by atoms with Gasteiger partial charge in [-0.25, -0.2) is 8.78 Å². The topological polar surface area (TPSA) is 51.2 Å². The summed E-state index contributed by atoms with van der Waals surface area (Å²) in [5.74, 6) is -5.28. The molecule has 1 aromatic carbocycles. The second-order valence-electron chi connectivity index (χ2n) is 10.3. The van der Waals surface area contributed by atoms with Crippen molar-refractivity contribution in [1.82, 2.24) is 10.3 Å². The standard InChI is InChI=1S/C28H32F2N2O2/c1-17-7-4-5-10-23(17)20-11-12-21(31-15-20)13-14-24-18(2)28(29,30)16-27(32-22-8-6-9-22)25(24)19(3)34-26(27)33/h4-5,7,10-15,18-19,22,24-25,32H,6,8-9,16H2,1-3H3/b14-13+/t18-,19+,24-,25-,27-/m0/s1. The number of nitrogens with zero attached hydrogens (tertiary/aromatic N) is 1. The van der Waals surface area contributed by atoms with E-state index in [1.165, 1.54) is 5.56 Å². The summed E-state index contributed by atoms with van der Waals surface area (Å²) in [6.45, 7) is 5.48. The molecule has 5 rings (SSSR count). The Morgan fingerprint density at radius 3 is 2.56 bits per heavy atom. The van der Waals surface area contributed by atoms with Crippen LogP contribution in [0.1, 0.15) is 50.8 Å². The summed E-state index contributed by atoms with van der Waals surface area (Å²) in [7, 11) is 0. The zero-order valence-corrected chi connectivity index (χ0v) is 19.9. The second kappa shape index (κ2) is 8.56. The number of hydrogen-bond donors (Lipinski definition) is 1. The van der Waals surface area contributed by atoms with Gasteiger partial charge >= 0.3 is 5.97 Å². The van der Waals surface area contributed by atoms with Gasteiger partial charge in [-0.05, 0) is 55.9 Å². The minimum absolute atomic E-state index is 0.102. The summed E-state index contributed by atoms with van der Waals surface area (Å²) in [5, 5.41) is 3.34. The molecular weight excluding hydrogens is 434 g/mol. The van der Waals surface area contributed by atoms with Crippen LogP contribution in [0.3, 0.4) is 0 Å². The molecule has 34 heavy (non-hydrogen) atoms. The lowest BCUT2D eigenvalue weighted by molar-refractivity contribution is -0.161. The van der Waals surface area contributed by atoms with Gasteiger partial charge in [-0.15, -0.1) is 0 Å². The number of cyclic esters (lactones) is 1. The maximum Gasteiger partial charge on any atom is 0.327 e. The van der Waals surface area contributed by atoms with Gasteiger partial charge in [0.05, 0.1) is 5.69 Å². The molecule has 0 radical (unpaired) electrons. The minimum atomic E-state index is -2.98. The van der Waals surface area contributed by atoms with Crippen LogP contribution in [0.15, 0.2) is 48.7 Å². The van der Waals surface area contributed by atoms with E-state index in [1.807, 2.05) is 49.5 Å². The van der Waals surface area contributed by atoms with E-state index < -0.39 is 41.8 Å². The molecule has 180 valence electrons. The third-order valence-electron chi connectivity index (χ3n) is 8.20. The molecule has 3 fully saturated rings. The van der Waals surface area contributed by atoms with Crippen LogP contribution in [-0.2, 0) is 9.53 Å². The molecule has 0 bridgehead atoms. The van der Waals surface area contributed by atoms with E-state index in [4.69, 9.17) is 4.74 Å². The SMILES string of the molecule is Cc1ccccc1-c1ccc(/C=C/[C@@H]2[C@@H]3[C@@H](C)OC(=O)[C@]3(NC3CCC3)CC(F)(F)[C@H]2C)nc1. The molecule has 0 amide bonds. The molecule has 1 saturated heterocycles. The van der Waals surface area contributed by atoms with Crippen molar-refractivity contribution in [1.29, 1.82) is 0 Å². The Balaban J connectivity index is 1.44. The van der Waals surface area contributed by atoms with Crippen molar-refractivity contribution in [2.45, 2.75) is 70.1 Å². The Hall–Kier alpha value is -2.60. The van der Waals surface area contributed by atoms with Crippen LogP contribution in [0.4, 0.5) is 8.78 Å². The zero-order valence-electron chi connectivity index (χ0n) is 19.9. The summed E-state index contributed by atoms with van der Waals surface area (Å²) >= 11 is 0. The Bertz CT molecular complexity index is 1100. The number of aryl methyl sites for hydroxylation is 1. The van der Waals surface area contributed by atoms with Gasteiger partial charge in [-0.1, -0.05) is 49.8 Å². The van der Waals surface area contributed by atoms with Crippen molar-refractivity contribution in [3.8, 4) is 11.1 Å². The van der Waals surface area contributed by atoms with Crippen molar-refractivity contribution in [2.75, 3.05) is 0 Å². The summed E-state index contributed by atoms with van der Waals surface area (Å²) in [5.41, 5.74) is 2.67. The summed E-state index contributed by atoms with van der Waals surface area (Å²) < 4.78 is 36.2. The first kappa shape index (κ1) is 23.2. The molecule has 1 aromatic heterocycles. The number of hydrogen-bond acceptors (Lipinski definition) is 4. The van der Waals surface area contributed by atoms with Crippen LogP contribution in [-0.4, -0.2) is 34.6 Å². The molecule has 6 heteroatoms. The lowest BCUT2D eigenvalue weighted by atomic mass is 9.60. The monoisotopic (exact) mass is 466 g/mol. The highest BCUT2D eigenvalue weighted by atomic mass is 19.3. The fraction of sp³-hybridized carbons (Fsp3) is 0.500. The number of fused-ring (bicyclic) bond motifs is 1. The number of pyridine rings is 1. The maximum atomic E-state index is 15.3. The average Bonchev–Trinajstić information content (AvgIpc) is 3.01. The molecule has 2 saturated carbocycles. The largest absolute Gasteiger partial charge is 0.461 e. The molecular formula is C28H32F2N2O2. The molecule has 2 aliphatic carbocycles. The van der Waals surface area contributed by atoms with E-state index in [0.29, 0.717) is 5.69 Å². The third-order valence-corrected chi connectivity index (χ3v) is 8.20. The Labute approximate surface area is 199 Å². The van der Waals surface area contributed by atoms with Crippen LogP contribution in [0.2, 0.25) is 0 Å². The van der Waals surface area contributed by atoms with E-state index in [9.17, 15) is 4.79 Å². The number of ether oxygens (including phenoxy) is 1. The number of nitrogens with one attached hydrogen (secondary N) is 1. The molecule has 1 N–H and O–H groups in total. The fourth-order valence-corrected chi connectivity index (χ4v) is 6.02. The van der Waals surface area contributed by atoms with Gasteiger partial charge < -0.3 is 4.74 Å². The number of carbonyl (C=O) groups excluding carboxylic acids is 1. The molecule has 1 aliphatic heterocycles. The van der Waals surface area contributed by atoms with Crippen molar-refractivity contribution in [2.24, 2.45) is 17.8 Å². The van der Waals surface area contributed by atoms with Gasteiger partial charge in [0, 0.05) is 36.1 Å². The molecule has 3 aliphatic rings. The first-order chi connectivity index (χ1) is 16.2. The summed E-state index contributed by atoms with van der Waals surface area (Å²) in [6, 6.07) is 12.1. The number of rotatable bonds is 5. The number of halogens is 2. The number of alkyl halides is 2. The highest BCUT2D eigenvalue weighted by Crippen LogP contribution is 2.55. The number of benzene rings is 1. The average molecular weight is 467 g/mol.